The highest BCUT2D eigenvalue weighted by molar-refractivity contribution is 7.22. The molecule has 3 heterocycles. The highest BCUT2D eigenvalue weighted by Gasteiger charge is 2.24. The maximum absolute atomic E-state index is 13.6. The second-order valence-electron chi connectivity index (χ2n) is 6.71. The Balaban J connectivity index is 1.56. The van der Waals surface area contributed by atoms with Crippen molar-refractivity contribution in [3.8, 4) is 0 Å². The first kappa shape index (κ1) is 19.0. The van der Waals surface area contributed by atoms with E-state index in [1.165, 1.54) is 23.5 Å². The van der Waals surface area contributed by atoms with E-state index in [-0.39, 0.29) is 11.7 Å². The van der Waals surface area contributed by atoms with Gasteiger partial charge < -0.3 is 4.74 Å². The summed E-state index contributed by atoms with van der Waals surface area (Å²) < 4.78 is 21.2. The molecule has 0 saturated carbocycles. The van der Waals surface area contributed by atoms with Crippen molar-refractivity contribution in [2.45, 2.75) is 6.42 Å². The van der Waals surface area contributed by atoms with E-state index in [0.29, 0.717) is 22.9 Å². The van der Waals surface area contributed by atoms with E-state index >= 15 is 0 Å². The first-order valence-electron chi connectivity index (χ1n) is 9.28. The minimum Gasteiger partial charge on any atom is -0.379 e. The van der Waals surface area contributed by atoms with Gasteiger partial charge in [0.2, 0.25) is 0 Å². The highest BCUT2D eigenvalue weighted by Crippen LogP contribution is 2.30. The number of aryl methyl sites for hydroxylation is 1. The molecule has 0 atom stereocenters. The highest BCUT2D eigenvalue weighted by atomic mass is 32.1. The molecule has 0 bridgehead atoms. The van der Waals surface area contributed by atoms with Crippen molar-refractivity contribution < 1.29 is 13.9 Å². The van der Waals surface area contributed by atoms with Gasteiger partial charge in [0.1, 0.15) is 11.5 Å². The summed E-state index contributed by atoms with van der Waals surface area (Å²) >= 11 is 1.33. The molecular formula is C19H22FN5O2S. The van der Waals surface area contributed by atoms with Crippen LogP contribution in [0.25, 0.3) is 10.2 Å². The predicted octanol–water partition coefficient (Wildman–Crippen LogP) is 2.54. The second-order valence-corrected chi connectivity index (χ2v) is 7.72. The van der Waals surface area contributed by atoms with Gasteiger partial charge in [-0.3, -0.25) is 19.3 Å². The number of thiazole rings is 1. The number of halogens is 1. The Hall–Kier alpha value is -2.36. The molecule has 1 aromatic carbocycles. The number of hydrogen-bond acceptors (Lipinski definition) is 6. The zero-order valence-electron chi connectivity index (χ0n) is 15.7. The third-order valence-electron chi connectivity index (χ3n) is 4.82. The first-order chi connectivity index (χ1) is 13.6. The second kappa shape index (κ2) is 8.34. The fraction of sp³-hybridized carbons (Fsp3) is 0.421. The van der Waals surface area contributed by atoms with Gasteiger partial charge in [0, 0.05) is 39.4 Å². The number of fused-ring (bicyclic) bond motifs is 1. The lowest BCUT2D eigenvalue weighted by Crippen LogP contribution is -2.39. The zero-order chi connectivity index (χ0) is 19.5. The fourth-order valence-corrected chi connectivity index (χ4v) is 4.30. The topological polar surface area (TPSA) is 63.5 Å². The van der Waals surface area contributed by atoms with Crippen LogP contribution in [0.1, 0.15) is 16.9 Å². The summed E-state index contributed by atoms with van der Waals surface area (Å²) in [7, 11) is 1.74. The van der Waals surface area contributed by atoms with E-state index in [2.05, 4.69) is 15.0 Å². The van der Waals surface area contributed by atoms with Crippen LogP contribution in [0.5, 0.6) is 0 Å². The molecule has 4 rings (SSSR count). The Bertz CT molecular complexity index is 966. The molecule has 3 aromatic rings. The van der Waals surface area contributed by atoms with Crippen molar-refractivity contribution in [2.75, 3.05) is 44.3 Å². The lowest BCUT2D eigenvalue weighted by Gasteiger charge is -2.27. The van der Waals surface area contributed by atoms with E-state index in [0.717, 1.165) is 44.0 Å². The van der Waals surface area contributed by atoms with Crippen LogP contribution in [0.2, 0.25) is 0 Å². The van der Waals surface area contributed by atoms with Gasteiger partial charge in [-0.1, -0.05) is 11.3 Å². The molecule has 148 valence electrons. The Morgan fingerprint density at radius 1 is 1.32 bits per heavy atom. The van der Waals surface area contributed by atoms with E-state index in [9.17, 15) is 9.18 Å². The number of benzene rings is 1. The lowest BCUT2D eigenvalue weighted by atomic mass is 10.3. The molecular weight excluding hydrogens is 381 g/mol. The molecule has 1 fully saturated rings. The van der Waals surface area contributed by atoms with Gasteiger partial charge in [0.25, 0.3) is 5.91 Å². The average molecular weight is 403 g/mol. The van der Waals surface area contributed by atoms with Gasteiger partial charge in [0.15, 0.2) is 5.13 Å². The summed E-state index contributed by atoms with van der Waals surface area (Å²) in [6.07, 6.45) is 2.42. The SMILES string of the molecule is Cn1nccc1C(=O)N(CCCN1CCOCC1)c1nc2ccc(F)cc2s1. The molecule has 2 aromatic heterocycles. The summed E-state index contributed by atoms with van der Waals surface area (Å²) in [6.45, 7) is 4.75. The number of hydrogen-bond donors (Lipinski definition) is 0. The molecule has 0 aliphatic carbocycles. The minimum atomic E-state index is -0.306. The van der Waals surface area contributed by atoms with Crippen LogP contribution in [-0.2, 0) is 11.8 Å². The van der Waals surface area contributed by atoms with Gasteiger partial charge in [-0.05, 0) is 30.7 Å². The molecule has 1 saturated heterocycles. The molecule has 1 aliphatic rings. The Morgan fingerprint density at radius 3 is 2.89 bits per heavy atom. The molecule has 1 aliphatic heterocycles. The maximum atomic E-state index is 13.6. The van der Waals surface area contributed by atoms with Crippen LogP contribution in [0.4, 0.5) is 9.52 Å². The summed E-state index contributed by atoms with van der Waals surface area (Å²) in [6, 6.07) is 6.18. The maximum Gasteiger partial charge on any atom is 0.278 e. The van der Waals surface area contributed by atoms with Crippen LogP contribution >= 0.6 is 11.3 Å². The standard InChI is InChI=1S/C19H22FN5O2S/c1-23-16(5-6-21-23)18(26)25(8-2-7-24-9-11-27-12-10-24)19-22-15-4-3-14(20)13-17(15)28-19/h3-6,13H,2,7-12H2,1H3. The average Bonchev–Trinajstić information content (AvgIpc) is 3.31. The number of morpholine rings is 1. The van der Waals surface area contributed by atoms with Crippen LogP contribution in [0.3, 0.4) is 0 Å². The third-order valence-corrected chi connectivity index (χ3v) is 5.86. The van der Waals surface area contributed by atoms with Crippen LogP contribution < -0.4 is 4.90 Å². The molecule has 28 heavy (non-hydrogen) atoms. The third kappa shape index (κ3) is 4.06. The minimum absolute atomic E-state index is 0.151. The largest absolute Gasteiger partial charge is 0.379 e. The van der Waals surface area contributed by atoms with E-state index in [1.807, 2.05) is 0 Å². The van der Waals surface area contributed by atoms with Crippen molar-refractivity contribution in [2.24, 2.45) is 7.05 Å². The summed E-state index contributed by atoms with van der Waals surface area (Å²) in [4.78, 5) is 21.8. The van der Waals surface area contributed by atoms with E-state index in [4.69, 9.17) is 4.74 Å². The van der Waals surface area contributed by atoms with Gasteiger partial charge >= 0.3 is 0 Å². The van der Waals surface area contributed by atoms with Crippen LogP contribution in [-0.4, -0.2) is 65.0 Å². The molecule has 0 spiro atoms. The van der Waals surface area contributed by atoms with Gasteiger partial charge in [0.05, 0.1) is 23.4 Å². The van der Waals surface area contributed by atoms with Gasteiger partial charge in [-0.15, -0.1) is 0 Å². The number of carbonyl (C=O) groups excluding carboxylic acids is 1. The fourth-order valence-electron chi connectivity index (χ4n) is 3.28. The Kier molecular flexibility index (Phi) is 5.65. The molecule has 1 amide bonds. The number of carbonyl (C=O) groups is 1. The molecule has 0 radical (unpaired) electrons. The quantitative estimate of drug-likeness (QED) is 0.633. The summed E-state index contributed by atoms with van der Waals surface area (Å²) in [5.74, 6) is -0.457. The number of amides is 1. The molecule has 7 nitrogen and oxygen atoms in total. The number of anilines is 1. The number of nitrogens with zero attached hydrogens (tertiary/aromatic N) is 5. The van der Waals surface area contributed by atoms with Gasteiger partial charge in [-0.2, -0.15) is 5.10 Å². The van der Waals surface area contributed by atoms with Crippen molar-refractivity contribution in [3.05, 3.63) is 42.0 Å². The van der Waals surface area contributed by atoms with Crippen molar-refractivity contribution in [1.29, 1.82) is 0 Å². The number of rotatable bonds is 6. The van der Waals surface area contributed by atoms with Crippen molar-refractivity contribution in [3.63, 3.8) is 0 Å². The first-order valence-corrected chi connectivity index (χ1v) is 10.1. The molecule has 0 unspecified atom stereocenters. The van der Waals surface area contributed by atoms with E-state index in [1.54, 1.807) is 35.0 Å². The van der Waals surface area contributed by atoms with Crippen molar-refractivity contribution in [1.82, 2.24) is 19.7 Å². The van der Waals surface area contributed by atoms with E-state index < -0.39 is 0 Å². The predicted molar refractivity (Wildman–Crippen MR) is 106 cm³/mol. The summed E-state index contributed by atoms with van der Waals surface area (Å²) in [5, 5.41) is 4.68. The zero-order valence-corrected chi connectivity index (χ0v) is 16.5. The smallest absolute Gasteiger partial charge is 0.278 e. The van der Waals surface area contributed by atoms with Crippen LogP contribution in [0.15, 0.2) is 30.5 Å². The van der Waals surface area contributed by atoms with Crippen molar-refractivity contribution >= 4 is 32.6 Å². The monoisotopic (exact) mass is 403 g/mol. The summed E-state index contributed by atoms with van der Waals surface area (Å²) in [5.41, 5.74) is 1.19. The molecule has 9 heteroatoms. The van der Waals surface area contributed by atoms with Gasteiger partial charge in [-0.25, -0.2) is 9.37 Å². The Labute approximate surface area is 166 Å². The lowest BCUT2D eigenvalue weighted by molar-refractivity contribution is 0.0376. The number of aromatic nitrogens is 3. The number of ether oxygens (including phenoxy) is 1. The Morgan fingerprint density at radius 2 is 2.14 bits per heavy atom. The normalized spacial score (nSPS) is 15.2. The van der Waals surface area contributed by atoms with Crippen LogP contribution in [0, 0.1) is 5.82 Å². The molecule has 0 N–H and O–H groups in total.